The van der Waals surface area contributed by atoms with Gasteiger partial charge < -0.3 is 5.73 Å². The van der Waals surface area contributed by atoms with Crippen LogP contribution >= 0.6 is 12.4 Å². The van der Waals surface area contributed by atoms with Crippen LogP contribution in [0.1, 0.15) is 22.3 Å². The molecule has 0 bridgehead atoms. The minimum Gasteiger partial charge on any atom is -0.326 e. The lowest BCUT2D eigenvalue weighted by Crippen LogP contribution is -2.16. The number of anilines is 1. The van der Waals surface area contributed by atoms with Crippen LogP contribution in [0, 0.1) is 20.8 Å². The van der Waals surface area contributed by atoms with Crippen LogP contribution < -0.4 is 10.5 Å². The molecule has 5 nitrogen and oxygen atoms in total. The Morgan fingerprint density at radius 1 is 0.875 bits per heavy atom. The molecule has 32 heavy (non-hydrogen) atoms. The summed E-state index contributed by atoms with van der Waals surface area (Å²) in [5.41, 5.74) is 12.2. The van der Waals surface area contributed by atoms with Gasteiger partial charge in [0.05, 0.1) is 10.4 Å². The Balaban J connectivity index is 0.00000289. The second-order valence-corrected chi connectivity index (χ2v) is 9.46. The van der Waals surface area contributed by atoms with Gasteiger partial charge in [0.15, 0.2) is 0 Å². The van der Waals surface area contributed by atoms with Gasteiger partial charge in [-0.3, -0.25) is 4.72 Å². The van der Waals surface area contributed by atoms with Gasteiger partial charge in [-0.1, -0.05) is 42.0 Å². The highest BCUT2D eigenvalue weighted by Crippen LogP contribution is 2.27. The molecule has 0 aliphatic heterocycles. The zero-order chi connectivity index (χ0) is 22.2. The van der Waals surface area contributed by atoms with E-state index in [4.69, 9.17) is 5.73 Å². The second kappa shape index (κ2) is 9.28. The molecule has 0 atom stereocenters. The van der Waals surface area contributed by atoms with E-state index in [0.29, 0.717) is 17.3 Å². The molecule has 0 amide bonds. The van der Waals surface area contributed by atoms with Crippen molar-refractivity contribution in [1.82, 2.24) is 4.98 Å². The normalized spacial score (nSPS) is 11.2. The molecule has 3 aromatic carbocycles. The zero-order valence-corrected chi connectivity index (χ0v) is 19.8. The smallest absolute Gasteiger partial charge is 0.263 e. The van der Waals surface area contributed by atoms with E-state index >= 15 is 0 Å². The Labute approximate surface area is 195 Å². The SMILES string of the molecule is Cc1cc(C)c(S(=O)(=O)Nc2ccc3cc(-c4cccc(CN)c4)ccc3n2)c(C)c1.Cl. The van der Waals surface area contributed by atoms with E-state index in [1.807, 2.05) is 75.4 Å². The molecule has 1 heterocycles. The molecule has 7 heteroatoms. The van der Waals surface area contributed by atoms with E-state index < -0.39 is 10.0 Å². The van der Waals surface area contributed by atoms with Crippen molar-refractivity contribution in [1.29, 1.82) is 0 Å². The first-order chi connectivity index (χ1) is 14.8. The van der Waals surface area contributed by atoms with E-state index in [0.717, 1.165) is 44.3 Å². The number of hydrogen-bond acceptors (Lipinski definition) is 4. The minimum absolute atomic E-state index is 0. The third-order valence-corrected chi connectivity index (χ3v) is 6.96. The van der Waals surface area contributed by atoms with Gasteiger partial charge >= 0.3 is 0 Å². The maximum absolute atomic E-state index is 13.0. The van der Waals surface area contributed by atoms with Crippen LogP contribution in [0.15, 0.2) is 71.6 Å². The lowest BCUT2D eigenvalue weighted by Gasteiger charge is -2.14. The number of nitrogens with two attached hydrogens (primary N) is 1. The molecule has 0 fully saturated rings. The summed E-state index contributed by atoms with van der Waals surface area (Å²) in [6.07, 6.45) is 0. The summed E-state index contributed by atoms with van der Waals surface area (Å²) < 4.78 is 28.7. The van der Waals surface area contributed by atoms with Crippen molar-refractivity contribution in [3.8, 4) is 11.1 Å². The van der Waals surface area contributed by atoms with Gasteiger partial charge in [-0.05, 0) is 78.9 Å². The topological polar surface area (TPSA) is 85.1 Å². The summed E-state index contributed by atoms with van der Waals surface area (Å²) in [5, 5.41) is 0.932. The Hall–Kier alpha value is -2.93. The van der Waals surface area contributed by atoms with Crippen molar-refractivity contribution >= 4 is 39.2 Å². The van der Waals surface area contributed by atoms with Crippen molar-refractivity contribution in [2.75, 3.05) is 4.72 Å². The molecule has 3 N–H and O–H groups in total. The number of hydrogen-bond donors (Lipinski definition) is 2. The van der Waals surface area contributed by atoms with Gasteiger partial charge in [0.2, 0.25) is 0 Å². The Morgan fingerprint density at radius 3 is 2.25 bits per heavy atom. The molecule has 0 spiro atoms. The predicted molar refractivity (Wildman–Crippen MR) is 134 cm³/mol. The van der Waals surface area contributed by atoms with Crippen LogP contribution in [-0.4, -0.2) is 13.4 Å². The Kier molecular flexibility index (Phi) is 6.88. The molecular weight excluding hydrogens is 442 g/mol. The number of aromatic nitrogens is 1. The van der Waals surface area contributed by atoms with E-state index in [2.05, 4.69) is 15.8 Å². The summed E-state index contributed by atoms with van der Waals surface area (Å²) >= 11 is 0. The van der Waals surface area contributed by atoms with Crippen molar-refractivity contribution in [2.45, 2.75) is 32.2 Å². The number of pyridine rings is 1. The summed E-state index contributed by atoms with van der Waals surface area (Å²) in [6, 6.07) is 21.4. The van der Waals surface area contributed by atoms with Crippen molar-refractivity contribution in [3.63, 3.8) is 0 Å². The number of fused-ring (bicyclic) bond motifs is 1. The summed E-state index contributed by atoms with van der Waals surface area (Å²) in [7, 11) is -3.74. The van der Waals surface area contributed by atoms with Gasteiger partial charge in [-0.2, -0.15) is 0 Å². The molecule has 0 unspecified atom stereocenters. The summed E-state index contributed by atoms with van der Waals surface area (Å²) in [4.78, 5) is 4.82. The average Bonchev–Trinajstić information content (AvgIpc) is 2.72. The van der Waals surface area contributed by atoms with Crippen LogP contribution in [0.25, 0.3) is 22.0 Å². The number of nitrogens with zero attached hydrogens (tertiary/aromatic N) is 1. The first-order valence-electron chi connectivity index (χ1n) is 10.1. The first kappa shape index (κ1) is 23.7. The molecular formula is C25H26ClN3O2S. The number of aryl methyl sites for hydroxylation is 3. The highest BCUT2D eigenvalue weighted by Gasteiger charge is 2.20. The van der Waals surface area contributed by atoms with E-state index in [-0.39, 0.29) is 12.4 Å². The Morgan fingerprint density at radius 2 is 1.56 bits per heavy atom. The lowest BCUT2D eigenvalue weighted by atomic mass is 10.0. The molecule has 1 aromatic heterocycles. The molecule has 0 saturated carbocycles. The standard InChI is InChI=1S/C25H25N3O2S.ClH/c1-16-11-17(2)25(18(3)12-16)31(29,30)28-24-10-8-22-14-21(7-9-23(22)27-24)20-6-4-5-19(13-20)15-26;/h4-14H,15,26H2,1-3H3,(H,27,28);1H. The van der Waals surface area contributed by atoms with Crippen LogP contribution in [0.3, 0.4) is 0 Å². The Bertz CT molecular complexity index is 1380. The fraction of sp³-hybridized carbons (Fsp3) is 0.160. The fourth-order valence-electron chi connectivity index (χ4n) is 4.02. The number of rotatable bonds is 5. The van der Waals surface area contributed by atoms with Crippen molar-refractivity contribution in [2.24, 2.45) is 5.73 Å². The third kappa shape index (κ3) is 4.78. The fourth-order valence-corrected chi connectivity index (χ4v) is 5.48. The number of halogens is 1. The highest BCUT2D eigenvalue weighted by atomic mass is 35.5. The van der Waals surface area contributed by atoms with Crippen LogP contribution in [-0.2, 0) is 16.6 Å². The van der Waals surface area contributed by atoms with Crippen molar-refractivity contribution < 1.29 is 8.42 Å². The second-order valence-electron chi connectivity index (χ2n) is 7.84. The maximum atomic E-state index is 13.0. The first-order valence-corrected chi connectivity index (χ1v) is 11.6. The molecule has 4 rings (SSSR count). The summed E-state index contributed by atoms with van der Waals surface area (Å²) in [6.45, 7) is 6.06. The van der Waals surface area contributed by atoms with Gasteiger partial charge in [-0.15, -0.1) is 12.4 Å². The molecule has 0 radical (unpaired) electrons. The van der Waals surface area contributed by atoms with Crippen LogP contribution in [0.5, 0.6) is 0 Å². The molecule has 166 valence electrons. The predicted octanol–water partition coefficient (Wildman–Crippen LogP) is 5.51. The highest BCUT2D eigenvalue weighted by molar-refractivity contribution is 7.92. The zero-order valence-electron chi connectivity index (χ0n) is 18.2. The molecule has 0 aliphatic rings. The van der Waals surface area contributed by atoms with Gasteiger partial charge in [0.1, 0.15) is 5.82 Å². The third-order valence-electron chi connectivity index (χ3n) is 5.30. The maximum Gasteiger partial charge on any atom is 0.263 e. The molecule has 4 aromatic rings. The van der Waals surface area contributed by atoms with Gasteiger partial charge in [0, 0.05) is 11.9 Å². The van der Waals surface area contributed by atoms with Crippen molar-refractivity contribution in [3.05, 3.63) is 89.0 Å². The number of benzene rings is 3. The van der Waals surface area contributed by atoms with E-state index in [9.17, 15) is 8.42 Å². The van der Waals surface area contributed by atoms with E-state index in [1.54, 1.807) is 6.07 Å². The molecule has 0 saturated heterocycles. The largest absolute Gasteiger partial charge is 0.326 e. The number of nitrogens with one attached hydrogen (secondary N) is 1. The van der Waals surface area contributed by atoms with Crippen LogP contribution in [0.4, 0.5) is 5.82 Å². The van der Waals surface area contributed by atoms with Gasteiger partial charge in [0.25, 0.3) is 10.0 Å². The quantitative estimate of drug-likeness (QED) is 0.405. The lowest BCUT2D eigenvalue weighted by molar-refractivity contribution is 0.600. The van der Waals surface area contributed by atoms with Crippen LogP contribution in [0.2, 0.25) is 0 Å². The average molecular weight is 468 g/mol. The monoisotopic (exact) mass is 467 g/mol. The number of sulfonamides is 1. The van der Waals surface area contributed by atoms with Gasteiger partial charge in [-0.25, -0.2) is 13.4 Å². The van der Waals surface area contributed by atoms with E-state index in [1.165, 1.54) is 0 Å². The molecule has 0 aliphatic carbocycles. The summed E-state index contributed by atoms with van der Waals surface area (Å²) in [5.74, 6) is 0.296. The minimum atomic E-state index is -3.74.